The van der Waals surface area contributed by atoms with Crippen molar-refractivity contribution in [1.29, 1.82) is 0 Å². The summed E-state index contributed by atoms with van der Waals surface area (Å²) in [7, 11) is 0.0496. The molecule has 1 amide bonds. The van der Waals surface area contributed by atoms with Gasteiger partial charge in [-0.3, -0.25) is 9.78 Å². The van der Waals surface area contributed by atoms with E-state index in [-0.39, 0.29) is 23.5 Å². The molecule has 1 aromatic carbocycles. The van der Waals surface area contributed by atoms with Crippen molar-refractivity contribution < 1.29 is 17.9 Å². The molecule has 2 heterocycles. The lowest BCUT2D eigenvalue weighted by Crippen LogP contribution is -2.31. The minimum atomic E-state index is -3.67. The third-order valence-electron chi connectivity index (χ3n) is 4.85. The van der Waals surface area contributed by atoms with Crippen LogP contribution in [0.5, 0.6) is 5.88 Å². The highest BCUT2D eigenvalue weighted by Crippen LogP contribution is 2.27. The molecular weight excluding hydrogens is 406 g/mol. The molecule has 10 heteroatoms. The predicted octanol–water partition coefficient (Wildman–Crippen LogP) is 2.04. The predicted molar refractivity (Wildman–Crippen MR) is 114 cm³/mol. The first kappa shape index (κ1) is 22.0. The minimum Gasteiger partial charge on any atom is -0.472 e. The van der Waals surface area contributed by atoms with Crippen molar-refractivity contribution in [2.24, 2.45) is 0 Å². The van der Waals surface area contributed by atoms with Crippen molar-refractivity contribution in [3.63, 3.8) is 0 Å². The molecule has 9 nitrogen and oxygen atoms in total. The number of aromatic nitrogens is 2. The van der Waals surface area contributed by atoms with Gasteiger partial charge < -0.3 is 15.0 Å². The maximum absolute atomic E-state index is 13.1. The zero-order valence-corrected chi connectivity index (χ0v) is 18.4. The fourth-order valence-corrected chi connectivity index (χ4v) is 4.89. The molecule has 0 saturated carbocycles. The molecular formula is C20H27N5O4S. The summed E-state index contributed by atoms with van der Waals surface area (Å²) in [6.45, 7) is 4.08. The summed E-state index contributed by atoms with van der Waals surface area (Å²) in [5.41, 5.74) is 1.16. The van der Waals surface area contributed by atoms with Gasteiger partial charge in [0.05, 0.1) is 23.8 Å². The van der Waals surface area contributed by atoms with Crippen LogP contribution in [0.1, 0.15) is 25.3 Å². The van der Waals surface area contributed by atoms with Gasteiger partial charge >= 0.3 is 0 Å². The molecule has 1 saturated heterocycles. The minimum absolute atomic E-state index is 0.119. The molecule has 0 bridgehead atoms. The van der Waals surface area contributed by atoms with E-state index in [2.05, 4.69) is 15.3 Å². The zero-order chi connectivity index (χ0) is 21.9. The number of rotatable bonds is 7. The number of amides is 1. The second-order valence-electron chi connectivity index (χ2n) is 7.38. The summed E-state index contributed by atoms with van der Waals surface area (Å²) in [6, 6.07) is 4.82. The summed E-state index contributed by atoms with van der Waals surface area (Å²) in [5, 5.41) is 2.74. The van der Waals surface area contributed by atoms with Gasteiger partial charge in [0, 0.05) is 32.7 Å². The number of nitrogens with zero attached hydrogens (tertiary/aromatic N) is 4. The first-order valence-electron chi connectivity index (χ1n) is 9.77. The molecule has 1 aliphatic rings. The molecule has 3 rings (SSSR count). The molecule has 0 radical (unpaired) electrons. The number of nitrogens with one attached hydrogen (secondary N) is 1. The number of hydrogen-bond acceptors (Lipinski definition) is 7. The molecule has 0 spiro atoms. The maximum Gasteiger partial charge on any atom is 0.243 e. The first-order valence-corrected chi connectivity index (χ1v) is 11.2. The van der Waals surface area contributed by atoms with Crippen molar-refractivity contribution >= 4 is 27.4 Å². The molecule has 0 aliphatic carbocycles. The van der Waals surface area contributed by atoms with Crippen molar-refractivity contribution in [3.05, 3.63) is 36.2 Å². The molecule has 1 N–H and O–H groups in total. The summed E-state index contributed by atoms with van der Waals surface area (Å²) >= 11 is 0. The Balaban J connectivity index is 1.70. The number of sulfonamides is 1. The highest BCUT2D eigenvalue weighted by molar-refractivity contribution is 7.89. The van der Waals surface area contributed by atoms with Crippen LogP contribution in [0.15, 0.2) is 35.5 Å². The lowest BCUT2D eigenvalue weighted by molar-refractivity contribution is -0.115. The van der Waals surface area contributed by atoms with E-state index in [4.69, 9.17) is 4.74 Å². The summed E-state index contributed by atoms with van der Waals surface area (Å²) in [4.78, 5) is 22.1. The topological polar surface area (TPSA) is 105 Å². The number of aryl methyl sites for hydroxylation is 1. The van der Waals surface area contributed by atoms with Gasteiger partial charge in [-0.25, -0.2) is 8.42 Å². The van der Waals surface area contributed by atoms with Crippen LogP contribution < -0.4 is 15.0 Å². The summed E-state index contributed by atoms with van der Waals surface area (Å²) in [6.07, 6.45) is 3.79. The second-order valence-corrected chi connectivity index (χ2v) is 9.29. The number of ether oxygens (including phenoxy) is 1. The standard InChI is InChI=1S/C20H27N5O4S/c1-5-19(26)22-15-6-7-17(14(2)10-15)30(27,28)25-9-8-16(13-25)29-20-12-21-11-18(23-20)24(3)4/h6-7,10-12,16H,5,8-9,13H2,1-4H3,(H,22,26). The molecule has 1 fully saturated rings. The summed E-state index contributed by atoms with van der Waals surface area (Å²) < 4.78 is 33.6. The van der Waals surface area contributed by atoms with Crippen molar-refractivity contribution in [1.82, 2.24) is 14.3 Å². The Morgan fingerprint density at radius 2 is 2.10 bits per heavy atom. The second kappa shape index (κ2) is 8.97. The Morgan fingerprint density at radius 1 is 1.33 bits per heavy atom. The van der Waals surface area contributed by atoms with Crippen LogP contribution >= 0.6 is 0 Å². The van der Waals surface area contributed by atoms with Crippen LogP contribution in [0.3, 0.4) is 0 Å². The van der Waals surface area contributed by atoms with Gasteiger partial charge in [-0.2, -0.15) is 9.29 Å². The van der Waals surface area contributed by atoms with E-state index >= 15 is 0 Å². The number of anilines is 2. The van der Waals surface area contributed by atoms with Gasteiger partial charge in [0.25, 0.3) is 0 Å². The van der Waals surface area contributed by atoms with Crippen molar-refractivity contribution in [2.75, 3.05) is 37.4 Å². The van der Waals surface area contributed by atoms with Crippen LogP contribution in [0.4, 0.5) is 11.5 Å². The van der Waals surface area contributed by atoms with E-state index in [9.17, 15) is 13.2 Å². The first-order chi connectivity index (χ1) is 14.2. The Kier molecular flexibility index (Phi) is 6.57. The fourth-order valence-electron chi connectivity index (χ4n) is 3.20. The Bertz CT molecular complexity index is 1030. The van der Waals surface area contributed by atoms with E-state index in [0.717, 1.165) is 0 Å². The van der Waals surface area contributed by atoms with E-state index < -0.39 is 10.0 Å². The van der Waals surface area contributed by atoms with Crippen molar-refractivity contribution in [3.8, 4) is 5.88 Å². The van der Waals surface area contributed by atoms with Crippen LogP contribution in [0.2, 0.25) is 0 Å². The normalized spacial score (nSPS) is 17.0. The fraction of sp³-hybridized carbons (Fsp3) is 0.450. The molecule has 162 valence electrons. The number of carbonyl (C=O) groups is 1. The van der Waals surface area contributed by atoms with E-state index in [1.165, 1.54) is 16.6 Å². The lowest BCUT2D eigenvalue weighted by Gasteiger charge is -2.19. The average Bonchev–Trinajstić information content (AvgIpc) is 3.17. The maximum atomic E-state index is 13.1. The largest absolute Gasteiger partial charge is 0.472 e. The van der Waals surface area contributed by atoms with Crippen LogP contribution in [-0.2, 0) is 14.8 Å². The molecule has 1 atom stereocenters. The van der Waals surface area contributed by atoms with Gasteiger partial charge in [-0.1, -0.05) is 6.92 Å². The van der Waals surface area contributed by atoms with E-state index in [0.29, 0.717) is 42.3 Å². The van der Waals surface area contributed by atoms with Gasteiger partial charge in [-0.15, -0.1) is 0 Å². The smallest absolute Gasteiger partial charge is 0.243 e. The van der Waals surface area contributed by atoms with Crippen LogP contribution in [0, 0.1) is 6.92 Å². The van der Waals surface area contributed by atoms with Crippen LogP contribution in [-0.4, -0.2) is 61.9 Å². The number of carbonyl (C=O) groups excluding carboxylic acids is 1. The van der Waals surface area contributed by atoms with Gasteiger partial charge in [0.1, 0.15) is 6.10 Å². The number of benzene rings is 1. The third-order valence-corrected chi connectivity index (χ3v) is 6.88. The van der Waals surface area contributed by atoms with Gasteiger partial charge in [0.15, 0.2) is 5.82 Å². The monoisotopic (exact) mass is 433 g/mol. The molecule has 1 aliphatic heterocycles. The zero-order valence-electron chi connectivity index (χ0n) is 17.6. The molecule has 1 unspecified atom stereocenters. The van der Waals surface area contributed by atoms with E-state index in [1.54, 1.807) is 32.2 Å². The Morgan fingerprint density at radius 3 is 2.77 bits per heavy atom. The SMILES string of the molecule is CCC(=O)Nc1ccc(S(=O)(=O)N2CCC(Oc3cncc(N(C)C)n3)C2)c(C)c1. The van der Waals surface area contributed by atoms with Crippen molar-refractivity contribution in [2.45, 2.75) is 37.7 Å². The lowest BCUT2D eigenvalue weighted by atomic mass is 10.2. The highest BCUT2D eigenvalue weighted by Gasteiger charge is 2.34. The average molecular weight is 434 g/mol. The molecule has 30 heavy (non-hydrogen) atoms. The third kappa shape index (κ3) is 4.88. The molecule has 2 aromatic rings. The van der Waals surface area contributed by atoms with Gasteiger partial charge in [0.2, 0.25) is 21.8 Å². The number of hydrogen-bond donors (Lipinski definition) is 1. The highest BCUT2D eigenvalue weighted by atomic mass is 32.2. The Hall–Kier alpha value is -2.72. The Labute approximate surface area is 177 Å². The summed E-state index contributed by atoms with van der Waals surface area (Å²) in [5.74, 6) is 0.921. The van der Waals surface area contributed by atoms with Gasteiger partial charge in [-0.05, 0) is 37.1 Å². The quantitative estimate of drug-likeness (QED) is 0.712. The molecule has 1 aromatic heterocycles. The van der Waals surface area contributed by atoms with Crippen LogP contribution in [0.25, 0.3) is 0 Å². The van der Waals surface area contributed by atoms with E-state index in [1.807, 2.05) is 19.0 Å².